The molecule has 0 atom stereocenters. The molecule has 0 unspecified atom stereocenters. The number of amides is 2. The number of anilines is 1. The number of carbonyl (C=O) groups excluding carboxylic acids is 2. The van der Waals surface area contributed by atoms with E-state index in [2.05, 4.69) is 5.43 Å². The minimum absolute atomic E-state index is 0.0245. The Balaban J connectivity index is 1.56. The van der Waals surface area contributed by atoms with Crippen LogP contribution in [0.1, 0.15) is 12.7 Å². The van der Waals surface area contributed by atoms with Gasteiger partial charge in [-0.2, -0.15) is 0 Å². The maximum absolute atomic E-state index is 12.6. The highest BCUT2D eigenvalue weighted by Crippen LogP contribution is 2.27. The highest BCUT2D eigenvalue weighted by atomic mass is 16.5. The Kier molecular flexibility index (Phi) is 4.68. The second-order valence-electron chi connectivity index (χ2n) is 6.13. The van der Waals surface area contributed by atoms with Crippen LogP contribution in [0.5, 0.6) is 5.75 Å². The van der Waals surface area contributed by atoms with E-state index in [9.17, 15) is 9.59 Å². The van der Waals surface area contributed by atoms with Crippen LogP contribution in [-0.4, -0.2) is 18.4 Å². The van der Waals surface area contributed by atoms with Gasteiger partial charge < -0.3 is 9.15 Å². The standard InChI is InChI=1S/C22H18N2O4/c1-2-27-17-10-8-15(9-11-17)20-13-12-18(28-20)14-19-21(25)23-24(22(19)26)16-6-4-3-5-7-16/h3-14H,2H2,1H3,(H,23,25)/b19-14-. The number of hydrogen-bond acceptors (Lipinski definition) is 4. The van der Waals surface area contributed by atoms with Crippen LogP contribution in [-0.2, 0) is 9.59 Å². The Morgan fingerprint density at radius 1 is 1.00 bits per heavy atom. The van der Waals surface area contributed by atoms with Gasteiger partial charge in [0.2, 0.25) is 0 Å². The van der Waals surface area contributed by atoms with Gasteiger partial charge in [-0.15, -0.1) is 0 Å². The van der Waals surface area contributed by atoms with E-state index in [4.69, 9.17) is 9.15 Å². The molecule has 6 heteroatoms. The van der Waals surface area contributed by atoms with Gasteiger partial charge in [0, 0.05) is 5.56 Å². The first-order chi connectivity index (χ1) is 13.7. The summed E-state index contributed by atoms with van der Waals surface area (Å²) in [7, 11) is 0. The van der Waals surface area contributed by atoms with Gasteiger partial charge in [-0.1, -0.05) is 18.2 Å². The highest BCUT2D eigenvalue weighted by Gasteiger charge is 2.34. The minimum Gasteiger partial charge on any atom is -0.494 e. The lowest BCUT2D eigenvalue weighted by Gasteiger charge is -2.13. The van der Waals surface area contributed by atoms with E-state index >= 15 is 0 Å². The summed E-state index contributed by atoms with van der Waals surface area (Å²) >= 11 is 0. The number of carbonyl (C=O) groups is 2. The molecule has 1 N–H and O–H groups in total. The molecular formula is C22H18N2O4. The quantitative estimate of drug-likeness (QED) is 0.545. The number of hydrazine groups is 1. The van der Waals surface area contributed by atoms with Crippen molar-refractivity contribution in [3.8, 4) is 17.1 Å². The lowest BCUT2D eigenvalue weighted by atomic mass is 10.2. The fourth-order valence-corrected chi connectivity index (χ4v) is 2.93. The summed E-state index contributed by atoms with van der Waals surface area (Å²) in [5.74, 6) is 0.968. The number of nitrogens with one attached hydrogen (secondary N) is 1. The van der Waals surface area contributed by atoms with Crippen LogP contribution in [0, 0.1) is 0 Å². The molecule has 1 aliphatic heterocycles. The van der Waals surface area contributed by atoms with Gasteiger partial charge in [-0.25, -0.2) is 5.01 Å². The average molecular weight is 374 g/mol. The van der Waals surface area contributed by atoms with Crippen molar-refractivity contribution in [2.45, 2.75) is 6.92 Å². The second kappa shape index (κ2) is 7.44. The molecule has 140 valence electrons. The van der Waals surface area contributed by atoms with Crippen LogP contribution >= 0.6 is 0 Å². The predicted octanol–water partition coefficient (Wildman–Crippen LogP) is 3.81. The molecule has 1 aromatic heterocycles. The van der Waals surface area contributed by atoms with Gasteiger partial charge in [-0.3, -0.25) is 15.0 Å². The summed E-state index contributed by atoms with van der Waals surface area (Å²) in [6, 6.07) is 20.0. The molecule has 2 heterocycles. The Hall–Kier alpha value is -3.80. The number of hydrogen-bond donors (Lipinski definition) is 1. The average Bonchev–Trinajstić information content (AvgIpc) is 3.30. The fourth-order valence-electron chi connectivity index (χ4n) is 2.93. The fraction of sp³-hybridized carbons (Fsp3) is 0.0909. The topological polar surface area (TPSA) is 71.8 Å². The highest BCUT2D eigenvalue weighted by molar-refractivity contribution is 6.31. The smallest absolute Gasteiger partial charge is 0.282 e. The number of furan rings is 1. The van der Waals surface area contributed by atoms with Gasteiger partial charge in [-0.05, 0) is 61.5 Å². The minimum atomic E-state index is -0.465. The Labute approximate surface area is 162 Å². The molecule has 28 heavy (non-hydrogen) atoms. The summed E-state index contributed by atoms with van der Waals surface area (Å²) in [5.41, 5.74) is 4.06. The van der Waals surface area contributed by atoms with E-state index < -0.39 is 11.8 Å². The van der Waals surface area contributed by atoms with E-state index in [1.807, 2.05) is 37.3 Å². The maximum Gasteiger partial charge on any atom is 0.282 e. The van der Waals surface area contributed by atoms with E-state index in [-0.39, 0.29) is 5.57 Å². The number of ether oxygens (including phenoxy) is 1. The Morgan fingerprint density at radius 2 is 1.75 bits per heavy atom. The second-order valence-corrected chi connectivity index (χ2v) is 6.13. The molecule has 2 aromatic carbocycles. The van der Waals surface area contributed by atoms with Crippen LogP contribution in [0.4, 0.5) is 5.69 Å². The van der Waals surface area contributed by atoms with Crippen LogP contribution in [0.3, 0.4) is 0 Å². The van der Waals surface area contributed by atoms with Gasteiger partial charge in [0.25, 0.3) is 11.8 Å². The Bertz CT molecular complexity index is 1040. The first kappa shape index (κ1) is 17.6. The maximum atomic E-state index is 12.6. The third-order valence-electron chi connectivity index (χ3n) is 4.27. The van der Waals surface area contributed by atoms with Gasteiger partial charge in [0.1, 0.15) is 22.8 Å². The molecule has 3 aromatic rings. The van der Waals surface area contributed by atoms with Crippen molar-refractivity contribution in [2.75, 3.05) is 11.6 Å². The monoisotopic (exact) mass is 374 g/mol. The summed E-state index contributed by atoms with van der Waals surface area (Å²) < 4.78 is 11.2. The zero-order chi connectivity index (χ0) is 19.5. The van der Waals surface area contributed by atoms with E-state index in [1.54, 1.807) is 36.4 Å². The van der Waals surface area contributed by atoms with Crippen LogP contribution < -0.4 is 15.2 Å². The van der Waals surface area contributed by atoms with Gasteiger partial charge in [0.05, 0.1) is 12.3 Å². The molecule has 1 aliphatic rings. The molecular weight excluding hydrogens is 356 g/mol. The van der Waals surface area contributed by atoms with Crippen molar-refractivity contribution >= 4 is 23.6 Å². The summed E-state index contributed by atoms with van der Waals surface area (Å²) in [6.07, 6.45) is 1.46. The van der Waals surface area contributed by atoms with Crippen LogP contribution in [0.2, 0.25) is 0 Å². The molecule has 0 bridgehead atoms. The van der Waals surface area contributed by atoms with Gasteiger partial charge >= 0.3 is 0 Å². The van der Waals surface area contributed by atoms with Gasteiger partial charge in [0.15, 0.2) is 0 Å². The largest absolute Gasteiger partial charge is 0.494 e. The van der Waals surface area contributed by atoms with E-state index in [0.29, 0.717) is 23.8 Å². The normalized spacial score (nSPS) is 15.2. The zero-order valence-corrected chi connectivity index (χ0v) is 15.2. The van der Waals surface area contributed by atoms with E-state index in [1.165, 1.54) is 11.1 Å². The molecule has 6 nitrogen and oxygen atoms in total. The first-order valence-electron chi connectivity index (χ1n) is 8.91. The number of para-hydroxylation sites is 1. The lowest BCUT2D eigenvalue weighted by molar-refractivity contribution is -0.117. The SMILES string of the molecule is CCOc1ccc(-c2ccc(/C=C3/C(=O)NN(c4ccccc4)C3=O)o2)cc1. The molecule has 0 spiro atoms. The third kappa shape index (κ3) is 3.40. The number of benzene rings is 2. The van der Waals surface area contributed by atoms with Crippen molar-refractivity contribution < 1.29 is 18.7 Å². The third-order valence-corrected chi connectivity index (χ3v) is 4.27. The molecule has 1 fully saturated rings. The van der Waals surface area contributed by atoms with Crippen molar-refractivity contribution in [2.24, 2.45) is 0 Å². The first-order valence-corrected chi connectivity index (χ1v) is 8.91. The summed E-state index contributed by atoms with van der Waals surface area (Å²) in [6.45, 7) is 2.54. The van der Waals surface area contributed by atoms with Crippen LogP contribution in [0.25, 0.3) is 17.4 Å². The Morgan fingerprint density at radius 3 is 2.46 bits per heavy atom. The summed E-state index contributed by atoms with van der Waals surface area (Å²) in [5, 5.41) is 1.23. The molecule has 2 amide bonds. The molecule has 4 rings (SSSR count). The summed E-state index contributed by atoms with van der Waals surface area (Å²) in [4.78, 5) is 24.9. The molecule has 0 aliphatic carbocycles. The van der Waals surface area contributed by atoms with E-state index in [0.717, 1.165) is 11.3 Å². The number of rotatable bonds is 5. The number of nitrogens with zero attached hydrogens (tertiary/aromatic N) is 1. The zero-order valence-electron chi connectivity index (χ0n) is 15.2. The molecule has 0 saturated carbocycles. The van der Waals surface area contributed by atoms with Crippen molar-refractivity contribution in [1.29, 1.82) is 0 Å². The van der Waals surface area contributed by atoms with Crippen molar-refractivity contribution in [3.05, 3.63) is 78.1 Å². The lowest BCUT2D eigenvalue weighted by Crippen LogP contribution is -2.35. The van der Waals surface area contributed by atoms with Crippen LogP contribution in [0.15, 0.2) is 76.7 Å². The van der Waals surface area contributed by atoms with Crippen molar-refractivity contribution in [1.82, 2.24) is 5.43 Å². The molecule has 1 saturated heterocycles. The molecule has 0 radical (unpaired) electrons. The van der Waals surface area contributed by atoms with Crippen molar-refractivity contribution in [3.63, 3.8) is 0 Å². The predicted molar refractivity (Wildman–Crippen MR) is 105 cm³/mol.